The Kier molecular flexibility index (Phi) is 19.7. The number of nitrogen functional groups attached to an aromatic ring is 3. The summed E-state index contributed by atoms with van der Waals surface area (Å²) in [5.74, 6) is 5.02. The average Bonchev–Trinajstić information content (AvgIpc) is 1.60. The molecule has 3 aliphatic rings. The number of nitrogens with zero attached hydrogens (tertiary/aromatic N) is 11. The summed E-state index contributed by atoms with van der Waals surface area (Å²) >= 11 is 0. The van der Waals surface area contributed by atoms with Gasteiger partial charge in [0.2, 0.25) is 15.9 Å². The molecule has 106 heavy (non-hydrogen) atoms. The van der Waals surface area contributed by atoms with Gasteiger partial charge in [-0.15, -0.1) is 0 Å². The summed E-state index contributed by atoms with van der Waals surface area (Å²) in [7, 11) is -3.55. The third-order valence-corrected chi connectivity index (χ3v) is 23.0. The molecule has 0 bridgehead atoms. The number of H-pyrrole nitrogens is 3. The molecule has 2 saturated heterocycles. The van der Waals surface area contributed by atoms with Crippen LogP contribution in [0.4, 0.5) is 22.2 Å². The second-order valence-corrected chi connectivity index (χ2v) is 31.5. The molecule has 5 aromatic carbocycles. The first-order valence-electron chi connectivity index (χ1n) is 36.7. The topological polar surface area (TPSA) is 312 Å². The Morgan fingerprint density at radius 2 is 0.962 bits per heavy atom. The van der Waals surface area contributed by atoms with Crippen molar-refractivity contribution in [2.75, 3.05) is 56.5 Å². The number of para-hydroxylation sites is 3. The van der Waals surface area contributed by atoms with Crippen LogP contribution in [0.1, 0.15) is 130 Å². The van der Waals surface area contributed by atoms with Crippen molar-refractivity contribution in [3.05, 3.63) is 211 Å². The lowest BCUT2D eigenvalue weighted by Gasteiger charge is -2.31. The molecule has 0 radical (unpaired) electrons. The zero-order chi connectivity index (χ0) is 73.4. The van der Waals surface area contributed by atoms with E-state index in [9.17, 15) is 18.0 Å². The molecule has 17 rings (SSSR count). The van der Waals surface area contributed by atoms with Gasteiger partial charge in [-0.25, -0.2) is 43.1 Å². The van der Waals surface area contributed by atoms with Gasteiger partial charge in [0, 0.05) is 126 Å². The van der Waals surface area contributed by atoms with Crippen molar-refractivity contribution in [2.24, 2.45) is 11.3 Å². The maximum atomic E-state index is 13.4. The number of imidazole rings is 3. The molecular formula is C82H90N18O5S. The van der Waals surface area contributed by atoms with E-state index < -0.39 is 10.0 Å². The van der Waals surface area contributed by atoms with Crippen LogP contribution < -0.4 is 22.5 Å². The van der Waals surface area contributed by atoms with E-state index >= 15 is 0 Å². The van der Waals surface area contributed by atoms with Gasteiger partial charge >= 0.3 is 6.09 Å². The number of carbonyl (C=O) groups is 2. The predicted molar refractivity (Wildman–Crippen MR) is 418 cm³/mol. The molecule has 10 N–H and O–H groups in total. The molecule has 0 spiro atoms. The first-order chi connectivity index (χ1) is 51.3. The fraction of sp³-hybridized carbons (Fsp3) is 0.317. The van der Waals surface area contributed by atoms with Gasteiger partial charge in [0.25, 0.3) is 0 Å². The Morgan fingerprint density at radius 1 is 0.538 bits per heavy atom. The number of aromatic nitrogens is 12. The fourth-order valence-corrected chi connectivity index (χ4v) is 17.1. The zero-order valence-electron chi connectivity index (χ0n) is 60.5. The monoisotopic (exact) mass is 1440 g/mol. The van der Waals surface area contributed by atoms with Gasteiger partial charge in [-0.2, -0.15) is 4.31 Å². The largest absolute Gasteiger partial charge is 0.449 e. The number of fused-ring (bicyclic) bond motifs is 6. The van der Waals surface area contributed by atoms with Crippen LogP contribution in [-0.4, -0.2) is 127 Å². The summed E-state index contributed by atoms with van der Waals surface area (Å²) in [6.07, 6.45) is 19.2. The zero-order valence-corrected chi connectivity index (χ0v) is 61.3. The van der Waals surface area contributed by atoms with Gasteiger partial charge in [0.05, 0.1) is 28.6 Å². The number of nitrogens with two attached hydrogens (primary N) is 3. The number of amides is 2. The van der Waals surface area contributed by atoms with Crippen molar-refractivity contribution in [2.45, 2.75) is 121 Å². The summed E-state index contributed by atoms with van der Waals surface area (Å²) in [5.41, 5.74) is 32.7. The SMILES string of the molecule is CC(C)(C)COC(=O)N1CCC(c2nc(-c3cc4ccccc4[nH]3)c3c(N)nccn23)CC1.Cc1ccc(C)c(S(=O)(=O)N2CCC(c3nc(-c4cc5ccccc5[nH]4)c4c(N)nccn34)CC2)c1.Nc1nccn2c(C3CCC(C(=O)NCCCc4ccccc4)CC3)nc(-c3cc4ccccc4[nH]3)c12. The van der Waals surface area contributed by atoms with Crippen molar-refractivity contribution < 1.29 is 22.7 Å². The van der Waals surface area contributed by atoms with Gasteiger partial charge in [0.1, 0.15) is 68.6 Å². The molecule has 2 amide bonds. The normalized spacial score (nSPS) is 16.4. The van der Waals surface area contributed by atoms with E-state index in [1.54, 1.807) is 33.9 Å². The first kappa shape index (κ1) is 70.3. The van der Waals surface area contributed by atoms with E-state index in [1.165, 1.54) is 5.56 Å². The maximum absolute atomic E-state index is 13.4. The molecule has 2 aliphatic heterocycles. The lowest BCUT2D eigenvalue weighted by Crippen LogP contribution is -2.39. The van der Waals surface area contributed by atoms with E-state index in [2.05, 4.69) is 132 Å². The number of benzene rings is 5. The molecule has 3 fully saturated rings. The summed E-state index contributed by atoms with van der Waals surface area (Å²) in [6.45, 7) is 13.2. The van der Waals surface area contributed by atoms with Crippen molar-refractivity contribution in [1.82, 2.24) is 72.6 Å². The minimum atomic E-state index is -3.55. The van der Waals surface area contributed by atoms with Crippen LogP contribution in [0.15, 0.2) is 182 Å². The quantitative estimate of drug-likeness (QED) is 0.0498. The summed E-state index contributed by atoms with van der Waals surface area (Å²) < 4.78 is 40.1. The maximum Gasteiger partial charge on any atom is 0.409 e. The van der Waals surface area contributed by atoms with Crippen LogP contribution in [0.25, 0.3) is 83.4 Å². The third kappa shape index (κ3) is 14.5. The second kappa shape index (κ2) is 29.6. The minimum absolute atomic E-state index is 0.0459. The van der Waals surface area contributed by atoms with E-state index in [-0.39, 0.29) is 41.1 Å². The van der Waals surface area contributed by atoms with Gasteiger partial charge in [-0.05, 0) is 143 Å². The molecule has 1 saturated carbocycles. The summed E-state index contributed by atoms with van der Waals surface area (Å²) in [5, 5.41) is 6.53. The van der Waals surface area contributed by atoms with Crippen LogP contribution in [0, 0.1) is 25.2 Å². The number of nitrogens with one attached hydrogen (secondary N) is 4. The number of hydrogen-bond acceptors (Lipinski definition) is 14. The van der Waals surface area contributed by atoms with Gasteiger partial charge in [-0.1, -0.05) is 118 Å². The number of carbonyl (C=O) groups excluding carboxylic acids is 2. The smallest absolute Gasteiger partial charge is 0.409 e. The number of aryl methyl sites for hydroxylation is 3. The predicted octanol–water partition coefficient (Wildman–Crippen LogP) is 14.9. The average molecular weight is 1440 g/mol. The molecule has 14 aromatic rings. The number of piperidine rings is 2. The Labute approximate surface area is 615 Å². The number of sulfonamides is 1. The molecule has 1 aliphatic carbocycles. The number of likely N-dealkylation sites (tertiary alicyclic amines) is 1. The molecule has 11 heterocycles. The fourth-order valence-electron chi connectivity index (χ4n) is 15.4. The van der Waals surface area contributed by atoms with Gasteiger partial charge < -0.3 is 47.1 Å². The van der Waals surface area contributed by atoms with Crippen molar-refractivity contribution in [1.29, 1.82) is 0 Å². The van der Waals surface area contributed by atoms with Crippen LogP contribution in [0.5, 0.6) is 0 Å². The standard InChI is InChI=1S/C30H32N6O.C27H28N6O2S.C25H30N6O2/c31-28-27-26(25-19-23-10-4-5-11-24(23)34-25)35-29(36(27)18-17-32-28)21-12-14-22(15-13-21)30(37)33-16-6-9-20-7-2-1-3-8-20;1-17-7-8-18(2)23(15-17)36(34,35)32-12-9-19(10-13-32)27-31-24(25-26(28)29-11-14-33(25)27)22-16-20-5-3-4-6-21(20)30-22;1-25(2,3)15-33-24(32)30-11-8-16(9-12-30)23-29-20(21-22(26)27-10-13-31(21)23)19-14-17-6-4-5-7-18(17)28-19/h1-5,7-8,10-11,17-19,21-22,34H,6,9,12-16H2,(H2,31,32)(H,33,37);3-8,11,14-16,19,30H,9-10,12-13H2,1-2H3,(H2,28,29);4-7,10,13-14,16,28H,8-9,11-12,15H2,1-3H3,(H2,26,27). The second-order valence-electron chi connectivity index (χ2n) is 29.6. The van der Waals surface area contributed by atoms with E-state index in [0.29, 0.717) is 68.0 Å². The summed E-state index contributed by atoms with van der Waals surface area (Å²) in [6, 6.07) is 46.7. The number of rotatable bonds is 14. The molecule has 24 heteroatoms. The Balaban J connectivity index is 0.000000128. The first-order valence-corrected chi connectivity index (χ1v) is 38.2. The Morgan fingerprint density at radius 3 is 1.41 bits per heavy atom. The Hall–Kier alpha value is -11.4. The number of ether oxygens (including phenoxy) is 1. The molecular weight excluding hydrogens is 1350 g/mol. The van der Waals surface area contributed by atoms with Crippen LogP contribution in [0.3, 0.4) is 0 Å². The highest BCUT2D eigenvalue weighted by Gasteiger charge is 2.36. The van der Waals surface area contributed by atoms with E-state index in [4.69, 9.17) is 36.9 Å². The van der Waals surface area contributed by atoms with Crippen LogP contribution in [-0.2, 0) is 26.0 Å². The molecule has 23 nitrogen and oxygen atoms in total. The number of hydrogen-bond donors (Lipinski definition) is 7. The van der Waals surface area contributed by atoms with Crippen molar-refractivity contribution in [3.63, 3.8) is 0 Å². The highest BCUT2D eigenvalue weighted by molar-refractivity contribution is 7.89. The molecule has 544 valence electrons. The van der Waals surface area contributed by atoms with Gasteiger partial charge in [0.15, 0.2) is 0 Å². The number of aromatic amines is 3. The Bertz CT molecular complexity index is 5540. The van der Waals surface area contributed by atoms with Crippen molar-refractivity contribution in [3.8, 4) is 34.2 Å². The number of anilines is 3. The van der Waals surface area contributed by atoms with Crippen LogP contribution >= 0.6 is 0 Å². The lowest BCUT2D eigenvalue weighted by molar-refractivity contribution is -0.126. The highest BCUT2D eigenvalue weighted by Crippen LogP contribution is 2.42. The van der Waals surface area contributed by atoms with Gasteiger partial charge in [-0.3, -0.25) is 18.0 Å². The highest BCUT2D eigenvalue weighted by atomic mass is 32.2. The minimum Gasteiger partial charge on any atom is -0.449 e. The van der Waals surface area contributed by atoms with Crippen molar-refractivity contribution >= 4 is 88.7 Å². The lowest BCUT2D eigenvalue weighted by atomic mass is 9.81. The molecule has 9 aromatic heterocycles. The molecule has 0 unspecified atom stereocenters. The third-order valence-electron chi connectivity index (χ3n) is 21.0. The van der Waals surface area contributed by atoms with E-state index in [0.717, 1.165) is 170 Å². The van der Waals surface area contributed by atoms with E-state index in [1.807, 2.05) is 104 Å². The molecule has 0 atom stereocenters. The van der Waals surface area contributed by atoms with Crippen LogP contribution in [0.2, 0.25) is 0 Å². The summed E-state index contributed by atoms with van der Waals surface area (Å²) in [4.78, 5) is 66.1.